The summed E-state index contributed by atoms with van der Waals surface area (Å²) in [6, 6.07) is 9.84. The molecule has 146 valence electrons. The Labute approximate surface area is 172 Å². The van der Waals surface area contributed by atoms with Crippen LogP contribution in [0.3, 0.4) is 0 Å². The number of sulfonamides is 1. The largest absolute Gasteiger partial charge is 0.322 e. The number of nitrogens with zero attached hydrogens (tertiary/aromatic N) is 1. The quantitative estimate of drug-likeness (QED) is 0.549. The second kappa shape index (κ2) is 7.83. The van der Waals surface area contributed by atoms with E-state index in [0.29, 0.717) is 16.4 Å². The Bertz CT molecular complexity index is 1140. The smallest absolute Gasteiger partial charge is 0.279 e. The molecule has 28 heavy (non-hydrogen) atoms. The van der Waals surface area contributed by atoms with Crippen LogP contribution in [0, 0.1) is 13.8 Å². The van der Waals surface area contributed by atoms with Crippen molar-refractivity contribution in [3.8, 4) is 0 Å². The van der Waals surface area contributed by atoms with Crippen LogP contribution in [0.1, 0.15) is 21.5 Å². The van der Waals surface area contributed by atoms with Crippen LogP contribution in [-0.2, 0) is 10.0 Å². The molecule has 0 bridgehead atoms. The second-order valence-electron chi connectivity index (χ2n) is 6.18. The van der Waals surface area contributed by atoms with Gasteiger partial charge in [-0.15, -0.1) is 0 Å². The van der Waals surface area contributed by atoms with E-state index in [1.165, 1.54) is 12.1 Å². The van der Waals surface area contributed by atoms with Gasteiger partial charge in [0.05, 0.1) is 21.8 Å². The number of hydrogen-bond donors (Lipinski definition) is 3. The number of aromatic amines is 1. The predicted molar refractivity (Wildman–Crippen MR) is 110 cm³/mol. The highest BCUT2D eigenvalue weighted by molar-refractivity contribution is 7.92. The van der Waals surface area contributed by atoms with Crippen LogP contribution < -0.4 is 10.0 Å². The summed E-state index contributed by atoms with van der Waals surface area (Å²) in [5, 5.41) is 8.91. The molecule has 0 aliphatic heterocycles. The third kappa shape index (κ3) is 4.46. The van der Waals surface area contributed by atoms with Gasteiger partial charge in [-0.2, -0.15) is 13.5 Å². The first kappa shape index (κ1) is 20.2. The number of amides is 1. The molecule has 0 unspecified atom stereocenters. The van der Waals surface area contributed by atoms with E-state index in [2.05, 4.69) is 20.2 Å². The third-order valence-corrected chi connectivity index (χ3v) is 5.86. The van der Waals surface area contributed by atoms with Crippen molar-refractivity contribution in [3.05, 3.63) is 69.3 Å². The summed E-state index contributed by atoms with van der Waals surface area (Å²) in [5.74, 6) is -0.659. The SMILES string of the molecule is Cc1cc(C)cc(NS(=O)(=O)c2[nH]ncc2C(=O)Nc2ccc(Cl)c(Cl)c2)c1. The number of H-pyrrole nitrogens is 1. The molecule has 0 spiro atoms. The maximum atomic E-state index is 12.8. The average molecular weight is 439 g/mol. The van der Waals surface area contributed by atoms with Crippen molar-refractivity contribution in [1.29, 1.82) is 0 Å². The van der Waals surface area contributed by atoms with Crippen LogP contribution >= 0.6 is 23.2 Å². The number of nitrogens with one attached hydrogen (secondary N) is 3. The first-order valence-corrected chi connectivity index (χ1v) is 10.3. The summed E-state index contributed by atoms with van der Waals surface area (Å²) in [6.07, 6.45) is 1.14. The van der Waals surface area contributed by atoms with Gasteiger partial charge >= 0.3 is 0 Å². The number of anilines is 2. The van der Waals surface area contributed by atoms with Crippen molar-refractivity contribution in [3.63, 3.8) is 0 Å². The molecule has 3 rings (SSSR count). The van der Waals surface area contributed by atoms with Gasteiger partial charge < -0.3 is 5.32 Å². The minimum atomic E-state index is -4.06. The normalized spacial score (nSPS) is 11.3. The number of benzene rings is 2. The monoisotopic (exact) mass is 438 g/mol. The molecular formula is C18H16Cl2N4O3S. The number of rotatable bonds is 5. The Morgan fingerprint density at radius 2 is 1.68 bits per heavy atom. The van der Waals surface area contributed by atoms with Crippen LogP contribution in [0.15, 0.2) is 47.6 Å². The van der Waals surface area contributed by atoms with E-state index >= 15 is 0 Å². The van der Waals surface area contributed by atoms with Gasteiger partial charge in [-0.1, -0.05) is 29.3 Å². The van der Waals surface area contributed by atoms with Crippen molar-refractivity contribution < 1.29 is 13.2 Å². The Hall–Kier alpha value is -2.55. The molecule has 0 saturated heterocycles. The molecule has 3 aromatic rings. The summed E-state index contributed by atoms with van der Waals surface area (Å²) >= 11 is 11.8. The summed E-state index contributed by atoms with van der Waals surface area (Å²) in [7, 11) is -4.06. The minimum absolute atomic E-state index is 0.136. The zero-order chi connectivity index (χ0) is 20.5. The first-order valence-electron chi connectivity index (χ1n) is 8.06. The Balaban J connectivity index is 1.87. The molecule has 10 heteroatoms. The van der Waals surface area contributed by atoms with E-state index in [4.69, 9.17) is 23.2 Å². The zero-order valence-corrected chi connectivity index (χ0v) is 17.2. The standard InChI is InChI=1S/C18H16Cl2N4O3S/c1-10-5-11(2)7-13(6-10)24-28(26,27)18-14(9-21-23-18)17(25)22-12-3-4-15(19)16(20)8-12/h3-9,24H,1-2H3,(H,21,23)(H,22,25). The fourth-order valence-electron chi connectivity index (χ4n) is 2.65. The summed E-state index contributed by atoms with van der Waals surface area (Å²) < 4.78 is 28.0. The van der Waals surface area contributed by atoms with Gasteiger partial charge in [0.15, 0.2) is 5.03 Å². The van der Waals surface area contributed by atoms with E-state index in [1.807, 2.05) is 19.9 Å². The highest BCUT2D eigenvalue weighted by atomic mass is 35.5. The first-order chi connectivity index (χ1) is 13.2. The van der Waals surface area contributed by atoms with E-state index in [9.17, 15) is 13.2 Å². The highest BCUT2D eigenvalue weighted by Crippen LogP contribution is 2.26. The second-order valence-corrected chi connectivity index (χ2v) is 8.61. The topological polar surface area (TPSA) is 104 Å². The zero-order valence-electron chi connectivity index (χ0n) is 14.9. The molecule has 7 nitrogen and oxygen atoms in total. The number of halogens is 2. The van der Waals surface area contributed by atoms with E-state index in [0.717, 1.165) is 17.3 Å². The molecule has 0 atom stereocenters. The Morgan fingerprint density at radius 3 is 2.32 bits per heavy atom. The summed E-state index contributed by atoms with van der Waals surface area (Å²) in [4.78, 5) is 12.6. The Morgan fingerprint density at radius 1 is 1.00 bits per heavy atom. The van der Waals surface area contributed by atoms with E-state index in [1.54, 1.807) is 18.2 Å². The Kier molecular flexibility index (Phi) is 5.64. The number of carbonyl (C=O) groups is 1. The minimum Gasteiger partial charge on any atom is -0.322 e. The van der Waals surface area contributed by atoms with Crippen molar-refractivity contribution in [2.45, 2.75) is 18.9 Å². The van der Waals surface area contributed by atoms with Gasteiger partial charge in [0.2, 0.25) is 0 Å². The highest BCUT2D eigenvalue weighted by Gasteiger charge is 2.25. The molecule has 0 fully saturated rings. The van der Waals surface area contributed by atoms with Crippen LogP contribution in [0.5, 0.6) is 0 Å². The maximum Gasteiger partial charge on any atom is 0.279 e. The lowest BCUT2D eigenvalue weighted by Crippen LogP contribution is -2.20. The van der Waals surface area contributed by atoms with E-state index < -0.39 is 15.9 Å². The molecule has 0 aliphatic rings. The number of aryl methyl sites for hydroxylation is 2. The van der Waals surface area contributed by atoms with E-state index in [-0.39, 0.29) is 15.6 Å². The summed E-state index contributed by atoms with van der Waals surface area (Å²) in [5.41, 5.74) is 2.43. The van der Waals surface area contributed by atoms with Gasteiger partial charge in [-0.3, -0.25) is 14.6 Å². The molecule has 1 aromatic heterocycles. The van der Waals surface area contributed by atoms with Gasteiger partial charge in [-0.05, 0) is 55.3 Å². The van der Waals surface area contributed by atoms with Gasteiger partial charge in [0, 0.05) is 11.4 Å². The fraction of sp³-hybridized carbons (Fsp3) is 0.111. The van der Waals surface area contributed by atoms with Gasteiger partial charge in [0.1, 0.15) is 0 Å². The fourth-order valence-corrected chi connectivity index (χ4v) is 4.09. The molecular weight excluding hydrogens is 423 g/mol. The molecule has 0 saturated carbocycles. The lowest BCUT2D eigenvalue weighted by molar-refractivity contribution is 0.102. The third-order valence-electron chi connectivity index (χ3n) is 3.77. The molecule has 0 radical (unpaired) electrons. The number of aromatic nitrogens is 2. The average Bonchev–Trinajstić information content (AvgIpc) is 3.07. The molecule has 1 amide bonds. The van der Waals surface area contributed by atoms with Crippen molar-refractivity contribution in [2.75, 3.05) is 10.0 Å². The van der Waals surface area contributed by atoms with Gasteiger partial charge in [0.25, 0.3) is 15.9 Å². The molecule has 3 N–H and O–H groups in total. The van der Waals surface area contributed by atoms with Crippen molar-refractivity contribution >= 4 is 50.5 Å². The lowest BCUT2D eigenvalue weighted by Gasteiger charge is -2.10. The molecule has 0 aliphatic carbocycles. The van der Waals surface area contributed by atoms with Crippen molar-refractivity contribution in [2.24, 2.45) is 0 Å². The van der Waals surface area contributed by atoms with Crippen LogP contribution in [0.25, 0.3) is 0 Å². The molecule has 2 aromatic carbocycles. The number of hydrogen-bond acceptors (Lipinski definition) is 4. The van der Waals surface area contributed by atoms with Crippen LogP contribution in [0.4, 0.5) is 11.4 Å². The molecule has 1 heterocycles. The van der Waals surface area contributed by atoms with Gasteiger partial charge in [-0.25, -0.2) is 0 Å². The lowest BCUT2D eigenvalue weighted by atomic mass is 10.1. The number of carbonyl (C=O) groups excluding carboxylic acids is 1. The van der Waals surface area contributed by atoms with Crippen molar-refractivity contribution in [1.82, 2.24) is 10.2 Å². The van der Waals surface area contributed by atoms with Crippen LogP contribution in [0.2, 0.25) is 10.0 Å². The predicted octanol–water partition coefficient (Wildman–Crippen LogP) is 4.39. The summed E-state index contributed by atoms with van der Waals surface area (Å²) in [6.45, 7) is 3.72. The maximum absolute atomic E-state index is 12.8. The van der Waals surface area contributed by atoms with Crippen LogP contribution in [-0.4, -0.2) is 24.5 Å².